The van der Waals surface area contributed by atoms with Crippen LogP contribution in [0.25, 0.3) is 0 Å². The van der Waals surface area contributed by atoms with E-state index in [9.17, 15) is 13.2 Å². The molecule has 0 bridgehead atoms. The molecule has 2 aromatic rings. The lowest BCUT2D eigenvalue weighted by molar-refractivity contribution is 0.0600. The van der Waals surface area contributed by atoms with Crippen molar-refractivity contribution in [1.29, 1.82) is 0 Å². The van der Waals surface area contributed by atoms with E-state index in [2.05, 4.69) is 25.5 Å². The van der Waals surface area contributed by atoms with Crippen molar-refractivity contribution < 1.29 is 17.9 Å². The fourth-order valence-electron chi connectivity index (χ4n) is 2.56. The third kappa shape index (κ3) is 4.85. The van der Waals surface area contributed by atoms with E-state index >= 15 is 0 Å². The number of rotatable bonds is 5. The highest BCUT2D eigenvalue weighted by atomic mass is 32.2. The Morgan fingerprint density at radius 2 is 1.54 bits per heavy atom. The number of ether oxygens (including phenoxy) is 1. The van der Waals surface area contributed by atoms with Crippen LogP contribution in [0.4, 0.5) is 5.69 Å². The molecule has 0 aromatic heterocycles. The lowest BCUT2D eigenvalue weighted by Gasteiger charge is -2.24. The molecular formula is C20H25NO4S. The molecule has 6 heteroatoms. The Bertz CT molecular complexity index is 864. The van der Waals surface area contributed by atoms with E-state index in [-0.39, 0.29) is 12.0 Å². The molecule has 0 spiro atoms. The smallest absolute Gasteiger partial charge is 0.337 e. The van der Waals surface area contributed by atoms with Crippen LogP contribution in [0.5, 0.6) is 0 Å². The van der Waals surface area contributed by atoms with Crippen molar-refractivity contribution in [2.24, 2.45) is 0 Å². The fourth-order valence-corrected chi connectivity index (χ4v) is 3.45. The van der Waals surface area contributed by atoms with Gasteiger partial charge in [-0.25, -0.2) is 13.2 Å². The molecule has 0 aliphatic carbocycles. The Morgan fingerprint density at radius 3 is 1.96 bits per heavy atom. The highest BCUT2D eigenvalue weighted by Crippen LogP contribution is 2.25. The van der Waals surface area contributed by atoms with E-state index in [1.54, 1.807) is 24.3 Å². The molecule has 0 aliphatic rings. The van der Waals surface area contributed by atoms with Crippen LogP contribution >= 0.6 is 0 Å². The normalized spacial score (nSPS) is 11.9. The second kappa shape index (κ2) is 7.50. The number of hydrogen-bond acceptors (Lipinski definition) is 4. The second-order valence-corrected chi connectivity index (χ2v) is 9.16. The van der Waals surface area contributed by atoms with Gasteiger partial charge in [0.05, 0.1) is 31.2 Å². The Hall–Kier alpha value is -2.34. The van der Waals surface area contributed by atoms with Crippen molar-refractivity contribution in [3.63, 3.8) is 0 Å². The number of sulfonamides is 1. The van der Waals surface area contributed by atoms with Gasteiger partial charge in [-0.1, -0.05) is 45.0 Å². The van der Waals surface area contributed by atoms with Crippen LogP contribution in [0.3, 0.4) is 0 Å². The molecule has 0 heterocycles. The quantitative estimate of drug-likeness (QED) is 0.747. The van der Waals surface area contributed by atoms with E-state index in [4.69, 9.17) is 0 Å². The molecular weight excluding hydrogens is 350 g/mol. The summed E-state index contributed by atoms with van der Waals surface area (Å²) in [5, 5.41) is 0. The Morgan fingerprint density at radius 1 is 1.00 bits per heavy atom. The van der Waals surface area contributed by atoms with Crippen molar-refractivity contribution in [2.75, 3.05) is 17.7 Å². The minimum atomic E-state index is -3.48. The molecule has 0 amide bonds. The van der Waals surface area contributed by atoms with Crippen molar-refractivity contribution in [2.45, 2.75) is 32.7 Å². The van der Waals surface area contributed by atoms with Gasteiger partial charge in [-0.15, -0.1) is 0 Å². The van der Waals surface area contributed by atoms with Crippen LogP contribution in [0, 0.1) is 0 Å². The summed E-state index contributed by atoms with van der Waals surface area (Å²) in [5.74, 6) is -0.458. The number of methoxy groups -OCH3 is 1. The van der Waals surface area contributed by atoms with Gasteiger partial charge >= 0.3 is 5.97 Å². The summed E-state index contributed by atoms with van der Waals surface area (Å²) >= 11 is 0. The molecule has 0 fully saturated rings. The summed E-state index contributed by atoms with van der Waals surface area (Å²) in [6, 6.07) is 14.3. The number of benzene rings is 2. The molecule has 0 aliphatic heterocycles. The van der Waals surface area contributed by atoms with E-state index in [1.165, 1.54) is 23.2 Å². The zero-order chi connectivity index (χ0) is 19.5. The minimum Gasteiger partial charge on any atom is -0.465 e. The predicted molar refractivity (Wildman–Crippen MR) is 104 cm³/mol. The molecule has 2 rings (SSSR count). The summed E-state index contributed by atoms with van der Waals surface area (Å²) in [6.07, 6.45) is 1.17. The SMILES string of the molecule is COC(=O)c1ccc(N(Cc2ccc(C(C)(C)C)cc2)S(C)(=O)=O)cc1. The first-order valence-electron chi connectivity index (χ1n) is 8.28. The number of carbonyl (C=O) groups is 1. The number of hydrogen-bond donors (Lipinski definition) is 0. The fraction of sp³-hybridized carbons (Fsp3) is 0.350. The maximum atomic E-state index is 12.3. The van der Waals surface area contributed by atoms with Gasteiger partial charge in [0.2, 0.25) is 10.0 Å². The van der Waals surface area contributed by atoms with Gasteiger partial charge in [0.15, 0.2) is 0 Å². The summed E-state index contributed by atoms with van der Waals surface area (Å²) < 4.78 is 30.5. The van der Waals surface area contributed by atoms with Crippen LogP contribution in [0.15, 0.2) is 48.5 Å². The van der Waals surface area contributed by atoms with Gasteiger partial charge in [0.25, 0.3) is 0 Å². The third-order valence-corrected chi connectivity index (χ3v) is 5.26. The van der Waals surface area contributed by atoms with Crippen molar-refractivity contribution >= 4 is 21.7 Å². The average Bonchev–Trinajstić information content (AvgIpc) is 2.58. The van der Waals surface area contributed by atoms with Crippen LogP contribution in [0.1, 0.15) is 42.3 Å². The second-order valence-electron chi connectivity index (χ2n) is 7.26. The van der Waals surface area contributed by atoms with Gasteiger partial charge in [0, 0.05) is 0 Å². The monoisotopic (exact) mass is 375 g/mol. The maximum Gasteiger partial charge on any atom is 0.337 e. The summed E-state index contributed by atoms with van der Waals surface area (Å²) in [6.45, 7) is 6.62. The summed E-state index contributed by atoms with van der Waals surface area (Å²) in [4.78, 5) is 11.5. The van der Waals surface area contributed by atoms with Crippen LogP contribution < -0.4 is 4.31 Å². The first-order valence-corrected chi connectivity index (χ1v) is 10.1. The molecule has 0 saturated carbocycles. The van der Waals surface area contributed by atoms with Gasteiger partial charge in [-0.05, 0) is 40.8 Å². The molecule has 0 N–H and O–H groups in total. The maximum absolute atomic E-state index is 12.3. The first kappa shape index (κ1) is 20.0. The summed E-state index contributed by atoms with van der Waals surface area (Å²) in [7, 11) is -2.17. The molecule has 140 valence electrons. The topological polar surface area (TPSA) is 63.7 Å². The molecule has 26 heavy (non-hydrogen) atoms. The number of carbonyl (C=O) groups excluding carboxylic acids is 1. The Kier molecular flexibility index (Phi) is 5.76. The van der Waals surface area contributed by atoms with E-state index < -0.39 is 16.0 Å². The van der Waals surface area contributed by atoms with Crippen molar-refractivity contribution in [3.8, 4) is 0 Å². The highest BCUT2D eigenvalue weighted by molar-refractivity contribution is 7.92. The predicted octanol–water partition coefficient (Wildman–Crippen LogP) is 3.74. The largest absolute Gasteiger partial charge is 0.465 e. The molecule has 0 unspecified atom stereocenters. The average molecular weight is 375 g/mol. The number of esters is 1. The molecule has 0 saturated heterocycles. The van der Waals surface area contributed by atoms with Gasteiger partial charge in [0.1, 0.15) is 0 Å². The zero-order valence-electron chi connectivity index (χ0n) is 15.8. The summed E-state index contributed by atoms with van der Waals surface area (Å²) in [5.41, 5.74) is 2.99. The van der Waals surface area contributed by atoms with Crippen LogP contribution in [-0.4, -0.2) is 27.8 Å². The Labute approximate surface area is 155 Å². The van der Waals surface area contributed by atoms with E-state index in [0.29, 0.717) is 11.3 Å². The minimum absolute atomic E-state index is 0.0404. The van der Waals surface area contributed by atoms with Gasteiger partial charge in [-0.2, -0.15) is 0 Å². The number of nitrogens with zero attached hydrogens (tertiary/aromatic N) is 1. The van der Waals surface area contributed by atoms with Crippen LogP contribution in [-0.2, 0) is 26.7 Å². The molecule has 0 atom stereocenters. The van der Waals surface area contributed by atoms with Crippen molar-refractivity contribution in [3.05, 3.63) is 65.2 Å². The lowest BCUT2D eigenvalue weighted by atomic mass is 9.87. The van der Waals surface area contributed by atoms with Crippen molar-refractivity contribution in [1.82, 2.24) is 0 Å². The zero-order valence-corrected chi connectivity index (χ0v) is 16.6. The standard InChI is InChI=1S/C20H25NO4S/c1-20(2,3)17-10-6-15(7-11-17)14-21(26(5,23)24)18-12-8-16(9-13-18)19(22)25-4/h6-13H,14H2,1-5H3. The lowest BCUT2D eigenvalue weighted by Crippen LogP contribution is -2.29. The van der Waals surface area contributed by atoms with Crippen LogP contribution in [0.2, 0.25) is 0 Å². The molecule has 0 radical (unpaired) electrons. The first-order chi connectivity index (χ1) is 12.0. The third-order valence-electron chi connectivity index (χ3n) is 4.12. The van der Waals surface area contributed by atoms with Gasteiger partial charge < -0.3 is 4.74 Å². The van der Waals surface area contributed by atoms with E-state index in [0.717, 1.165) is 5.56 Å². The highest BCUT2D eigenvalue weighted by Gasteiger charge is 2.19. The van der Waals surface area contributed by atoms with E-state index in [1.807, 2.05) is 24.3 Å². The Balaban J connectivity index is 2.30. The molecule has 2 aromatic carbocycles. The van der Waals surface area contributed by atoms with Gasteiger partial charge in [-0.3, -0.25) is 4.31 Å². The molecule has 5 nitrogen and oxygen atoms in total. The number of anilines is 1.